The van der Waals surface area contributed by atoms with Crippen molar-refractivity contribution in [3.63, 3.8) is 0 Å². The molecule has 4 N–H and O–H groups in total. The van der Waals surface area contributed by atoms with Crippen LogP contribution in [0.1, 0.15) is 23.0 Å². The van der Waals surface area contributed by atoms with E-state index in [1.807, 2.05) is 37.3 Å². The van der Waals surface area contributed by atoms with E-state index >= 15 is 0 Å². The van der Waals surface area contributed by atoms with Crippen molar-refractivity contribution in [2.45, 2.75) is 13.3 Å². The van der Waals surface area contributed by atoms with Crippen molar-refractivity contribution in [3.05, 3.63) is 93.0 Å². The molecule has 5 aromatic rings. The third-order valence-corrected chi connectivity index (χ3v) is 6.19. The maximum absolute atomic E-state index is 13.1. The van der Waals surface area contributed by atoms with Gasteiger partial charge in [0.1, 0.15) is 11.4 Å². The highest BCUT2D eigenvalue weighted by Crippen LogP contribution is 2.30. The van der Waals surface area contributed by atoms with Crippen LogP contribution in [0.5, 0.6) is 5.75 Å². The first-order valence-corrected chi connectivity index (χ1v) is 12.5. The number of rotatable bonds is 8. The second-order valence-electron chi connectivity index (χ2n) is 8.34. The van der Waals surface area contributed by atoms with E-state index in [0.717, 1.165) is 21.2 Å². The number of aromatic nitrogens is 3. The Bertz CT molecular complexity index is 1690. The van der Waals surface area contributed by atoms with E-state index in [0.29, 0.717) is 29.1 Å². The largest absolute Gasteiger partial charge is 0.494 e. The van der Waals surface area contributed by atoms with Gasteiger partial charge in [0.25, 0.3) is 5.91 Å². The molecule has 0 radical (unpaired) electrons. The smallest absolute Gasteiger partial charge is 0.439 e. The van der Waals surface area contributed by atoms with Gasteiger partial charge in [-0.2, -0.15) is 0 Å². The Hall–Kier alpha value is -4.64. The Morgan fingerprint density at radius 1 is 1.00 bits per heavy atom. The molecule has 0 aliphatic rings. The molecule has 0 saturated carbocycles. The summed E-state index contributed by atoms with van der Waals surface area (Å²) in [5, 5.41) is 10.2. The first-order valence-electron chi connectivity index (χ1n) is 11.7. The average Bonchev–Trinajstić information content (AvgIpc) is 3.53. The monoisotopic (exact) mass is 575 g/mol. The quantitative estimate of drug-likeness (QED) is 0.202. The van der Waals surface area contributed by atoms with Crippen LogP contribution in [0.4, 0.5) is 11.4 Å². The van der Waals surface area contributed by atoms with Gasteiger partial charge in [-0.25, -0.2) is 4.79 Å². The van der Waals surface area contributed by atoms with Crippen LogP contribution in [0, 0.1) is 0 Å². The molecule has 2 amide bonds. The zero-order valence-corrected chi connectivity index (χ0v) is 21.7. The Labute approximate surface area is 224 Å². The molecule has 192 valence electrons. The van der Waals surface area contributed by atoms with Gasteiger partial charge >= 0.3 is 5.76 Å². The normalized spacial score (nSPS) is 10.9. The first-order chi connectivity index (χ1) is 18.4. The molecule has 2 heterocycles. The lowest BCUT2D eigenvalue weighted by atomic mass is 10.1. The molecule has 0 atom stereocenters. The third-order valence-electron chi connectivity index (χ3n) is 5.70. The molecule has 5 rings (SSSR count). The molecule has 0 spiro atoms. The number of benzene rings is 3. The molecule has 0 unspecified atom stereocenters. The minimum atomic E-state index is -0.704. The summed E-state index contributed by atoms with van der Waals surface area (Å²) in [6.45, 7) is 2.49. The average molecular weight is 576 g/mol. The molecular weight excluding hydrogens is 554 g/mol. The number of H-pyrrole nitrogens is 2. The van der Waals surface area contributed by atoms with Crippen LogP contribution in [0.15, 0.2) is 80.5 Å². The first kappa shape index (κ1) is 25.0. The fourth-order valence-corrected chi connectivity index (χ4v) is 4.35. The van der Waals surface area contributed by atoms with E-state index in [-0.39, 0.29) is 23.8 Å². The zero-order chi connectivity index (χ0) is 26.6. The van der Waals surface area contributed by atoms with Gasteiger partial charge in [0, 0.05) is 15.4 Å². The molecule has 0 aliphatic carbocycles. The van der Waals surface area contributed by atoms with E-state index in [9.17, 15) is 14.4 Å². The van der Waals surface area contributed by atoms with Crippen LogP contribution in [-0.4, -0.2) is 33.5 Å². The van der Waals surface area contributed by atoms with Gasteiger partial charge in [0.15, 0.2) is 5.82 Å². The molecule has 3 aromatic carbocycles. The minimum absolute atomic E-state index is 0.181. The lowest BCUT2D eigenvalue weighted by Crippen LogP contribution is -2.15. The van der Waals surface area contributed by atoms with Crippen molar-refractivity contribution in [1.29, 1.82) is 0 Å². The number of anilines is 2. The fourth-order valence-electron chi connectivity index (χ4n) is 3.99. The molecule has 0 aliphatic heterocycles. The lowest BCUT2D eigenvalue weighted by molar-refractivity contribution is -0.115. The summed E-state index contributed by atoms with van der Waals surface area (Å²) < 4.78 is 10.8. The molecule has 38 heavy (non-hydrogen) atoms. The summed E-state index contributed by atoms with van der Waals surface area (Å²) >= 11 is 3.38. The number of halogens is 1. The number of amides is 2. The van der Waals surface area contributed by atoms with Crippen molar-refractivity contribution < 1.29 is 18.8 Å². The lowest BCUT2D eigenvalue weighted by Gasteiger charge is -2.09. The van der Waals surface area contributed by atoms with Gasteiger partial charge in [0.2, 0.25) is 5.91 Å². The second kappa shape index (κ2) is 10.8. The standard InChI is InChI=1S/C27H22BrN5O5/c1-2-37-18-9-6-15(7-10-18)12-23(34)29-21-5-3-4-16-13-22(30-24(16)21)26(35)31-20-11-8-17(28)14-19(20)25-32-27(36)38-33-25/h3-11,13-14,30H,2,12H2,1H3,(H,29,34)(H,31,35)(H,32,33,36). The summed E-state index contributed by atoms with van der Waals surface area (Å²) in [4.78, 5) is 42.9. The van der Waals surface area contributed by atoms with Crippen LogP contribution in [-0.2, 0) is 11.2 Å². The highest BCUT2D eigenvalue weighted by atomic mass is 79.9. The molecule has 0 bridgehead atoms. The minimum Gasteiger partial charge on any atom is -0.494 e. The van der Waals surface area contributed by atoms with Gasteiger partial charge < -0.3 is 20.4 Å². The number of fused-ring (bicyclic) bond motifs is 1. The number of aromatic amines is 2. The van der Waals surface area contributed by atoms with Gasteiger partial charge in [-0.05, 0) is 55.0 Å². The van der Waals surface area contributed by atoms with E-state index in [1.165, 1.54) is 0 Å². The van der Waals surface area contributed by atoms with Crippen LogP contribution < -0.4 is 21.1 Å². The van der Waals surface area contributed by atoms with E-state index in [1.54, 1.807) is 36.4 Å². The maximum atomic E-state index is 13.1. The van der Waals surface area contributed by atoms with Crippen molar-refractivity contribution in [2.75, 3.05) is 17.2 Å². The fraction of sp³-hybridized carbons (Fsp3) is 0.111. The number of ether oxygens (including phenoxy) is 1. The molecule has 10 nitrogen and oxygen atoms in total. The van der Waals surface area contributed by atoms with E-state index < -0.39 is 11.7 Å². The van der Waals surface area contributed by atoms with Crippen molar-refractivity contribution >= 4 is 50.0 Å². The molecule has 11 heteroatoms. The number of para-hydroxylation sites is 1. The summed E-state index contributed by atoms with van der Waals surface area (Å²) in [7, 11) is 0. The number of nitrogens with one attached hydrogen (secondary N) is 4. The Balaban J connectivity index is 1.34. The SMILES string of the molecule is CCOc1ccc(CC(=O)Nc2cccc3cc(C(=O)Nc4ccc(Br)cc4-c4noc(=O)[nH]4)[nH]c23)cc1. The Kier molecular flexibility index (Phi) is 7.09. The van der Waals surface area contributed by atoms with Gasteiger partial charge in [-0.3, -0.25) is 19.1 Å². The molecular formula is C27H22BrN5O5. The second-order valence-corrected chi connectivity index (χ2v) is 9.26. The summed E-state index contributed by atoms with van der Waals surface area (Å²) in [5.74, 6) is -0.375. The van der Waals surface area contributed by atoms with Crippen molar-refractivity contribution in [1.82, 2.24) is 15.1 Å². The number of hydrogen-bond acceptors (Lipinski definition) is 6. The van der Waals surface area contributed by atoms with Crippen molar-refractivity contribution in [2.24, 2.45) is 0 Å². The molecule has 0 saturated heterocycles. The van der Waals surface area contributed by atoms with Crippen LogP contribution in [0.2, 0.25) is 0 Å². The van der Waals surface area contributed by atoms with Crippen molar-refractivity contribution in [3.8, 4) is 17.1 Å². The zero-order valence-electron chi connectivity index (χ0n) is 20.1. The predicted molar refractivity (Wildman–Crippen MR) is 146 cm³/mol. The number of nitrogens with zero attached hydrogens (tertiary/aromatic N) is 1. The Morgan fingerprint density at radius 3 is 2.55 bits per heavy atom. The van der Waals surface area contributed by atoms with Gasteiger partial charge in [0.05, 0.1) is 29.9 Å². The van der Waals surface area contributed by atoms with Crippen LogP contribution >= 0.6 is 15.9 Å². The number of carbonyl (C=O) groups is 2. The highest BCUT2D eigenvalue weighted by Gasteiger charge is 2.17. The van der Waals surface area contributed by atoms with Crippen LogP contribution in [0.3, 0.4) is 0 Å². The summed E-state index contributed by atoms with van der Waals surface area (Å²) in [6.07, 6.45) is 0.188. The molecule has 2 aromatic heterocycles. The Morgan fingerprint density at radius 2 is 1.82 bits per heavy atom. The maximum Gasteiger partial charge on any atom is 0.439 e. The summed E-state index contributed by atoms with van der Waals surface area (Å²) in [6, 6.07) is 19.6. The third kappa shape index (κ3) is 5.52. The van der Waals surface area contributed by atoms with Gasteiger partial charge in [-0.1, -0.05) is 45.4 Å². The predicted octanol–water partition coefficient (Wildman–Crippen LogP) is 5.11. The molecule has 0 fully saturated rings. The summed E-state index contributed by atoms with van der Waals surface area (Å²) in [5.41, 5.74) is 3.21. The van der Waals surface area contributed by atoms with Crippen LogP contribution in [0.25, 0.3) is 22.3 Å². The number of hydrogen-bond donors (Lipinski definition) is 4. The number of carbonyl (C=O) groups excluding carboxylic acids is 2. The van der Waals surface area contributed by atoms with E-state index in [4.69, 9.17) is 4.74 Å². The highest BCUT2D eigenvalue weighted by molar-refractivity contribution is 9.10. The van der Waals surface area contributed by atoms with Gasteiger partial charge in [-0.15, -0.1) is 0 Å². The van der Waals surface area contributed by atoms with E-state index in [2.05, 4.69) is 46.2 Å². The topological polar surface area (TPSA) is 142 Å².